The zero-order valence-electron chi connectivity index (χ0n) is 9.56. The highest BCUT2D eigenvalue weighted by atomic mass is 79.9. The second-order valence-corrected chi connectivity index (χ2v) is 4.56. The van der Waals surface area contributed by atoms with Crippen molar-refractivity contribution in [3.63, 3.8) is 0 Å². The number of nitrogens with two attached hydrogens (primary N) is 1. The van der Waals surface area contributed by atoms with Crippen LogP contribution in [0, 0.1) is 13.8 Å². The van der Waals surface area contributed by atoms with E-state index in [1.54, 1.807) is 7.11 Å². The maximum Gasteiger partial charge on any atom is 0.136 e. The van der Waals surface area contributed by atoms with Crippen LogP contribution in [0.25, 0.3) is 0 Å². The molecule has 0 aliphatic carbocycles. The smallest absolute Gasteiger partial charge is 0.136 e. The summed E-state index contributed by atoms with van der Waals surface area (Å²) in [4.78, 5) is 0. The van der Waals surface area contributed by atoms with Gasteiger partial charge in [-0.15, -0.1) is 0 Å². The van der Waals surface area contributed by atoms with Crippen molar-refractivity contribution in [1.29, 1.82) is 0 Å². The summed E-state index contributed by atoms with van der Waals surface area (Å²) in [6.07, 6.45) is 1.97. The number of hydrogen-bond donors (Lipinski definition) is 1. The van der Waals surface area contributed by atoms with Crippen LogP contribution in [-0.2, 0) is 6.42 Å². The molecule has 0 amide bonds. The summed E-state index contributed by atoms with van der Waals surface area (Å²) in [5.74, 6) is 0.951. The van der Waals surface area contributed by atoms with Crippen molar-refractivity contribution < 1.29 is 4.74 Å². The molecule has 0 heterocycles. The number of halogens is 1. The molecule has 0 aliphatic heterocycles. The second-order valence-electron chi connectivity index (χ2n) is 3.70. The third kappa shape index (κ3) is 2.73. The van der Waals surface area contributed by atoms with Gasteiger partial charge in [0.05, 0.1) is 11.6 Å². The summed E-state index contributed by atoms with van der Waals surface area (Å²) in [5, 5.41) is 0. The number of hydrogen-bond acceptors (Lipinski definition) is 2. The van der Waals surface area contributed by atoms with E-state index in [0.717, 1.165) is 23.1 Å². The van der Waals surface area contributed by atoms with Crippen LogP contribution in [0.1, 0.15) is 23.1 Å². The molecule has 1 aromatic carbocycles. The van der Waals surface area contributed by atoms with Gasteiger partial charge in [0.2, 0.25) is 0 Å². The van der Waals surface area contributed by atoms with Gasteiger partial charge in [-0.2, -0.15) is 0 Å². The predicted octanol–water partition coefficient (Wildman–Crippen LogP) is 2.97. The number of benzene rings is 1. The molecule has 84 valence electrons. The molecule has 0 aromatic heterocycles. The molecule has 3 heteroatoms. The van der Waals surface area contributed by atoms with Crippen molar-refractivity contribution in [3.05, 3.63) is 27.2 Å². The van der Waals surface area contributed by atoms with E-state index in [1.807, 2.05) is 0 Å². The molecule has 0 aliphatic rings. The van der Waals surface area contributed by atoms with Crippen LogP contribution in [0.4, 0.5) is 0 Å². The average Bonchev–Trinajstić information content (AvgIpc) is 2.21. The second kappa shape index (κ2) is 5.52. The maximum atomic E-state index is 5.54. The first kappa shape index (κ1) is 12.5. The van der Waals surface area contributed by atoms with Crippen LogP contribution in [0.2, 0.25) is 0 Å². The highest BCUT2D eigenvalue weighted by Crippen LogP contribution is 2.34. The lowest BCUT2D eigenvalue weighted by Gasteiger charge is -2.15. The lowest BCUT2D eigenvalue weighted by atomic mass is 9.98. The average molecular weight is 272 g/mol. The first-order valence-corrected chi connectivity index (χ1v) is 5.93. The van der Waals surface area contributed by atoms with E-state index in [0.29, 0.717) is 6.54 Å². The van der Waals surface area contributed by atoms with E-state index in [1.165, 1.54) is 16.7 Å². The fraction of sp³-hybridized carbons (Fsp3) is 0.500. The van der Waals surface area contributed by atoms with Gasteiger partial charge in [0.1, 0.15) is 5.75 Å². The van der Waals surface area contributed by atoms with Crippen molar-refractivity contribution in [2.24, 2.45) is 5.73 Å². The fourth-order valence-corrected chi connectivity index (χ4v) is 2.46. The fourth-order valence-electron chi connectivity index (χ4n) is 1.72. The SMILES string of the molecule is COc1c(Br)cc(C)c(C)c1CCCN. The molecule has 0 unspecified atom stereocenters. The van der Waals surface area contributed by atoms with Crippen molar-refractivity contribution in [1.82, 2.24) is 0 Å². The van der Waals surface area contributed by atoms with Crippen molar-refractivity contribution in [2.75, 3.05) is 13.7 Å². The molecule has 2 nitrogen and oxygen atoms in total. The Labute approximate surface area is 99.9 Å². The van der Waals surface area contributed by atoms with Crippen LogP contribution in [0.5, 0.6) is 5.75 Å². The quantitative estimate of drug-likeness (QED) is 0.914. The molecule has 1 rings (SSSR count). The molecular weight excluding hydrogens is 254 g/mol. The van der Waals surface area contributed by atoms with Gasteiger partial charge < -0.3 is 10.5 Å². The Kier molecular flexibility index (Phi) is 4.61. The Hall–Kier alpha value is -0.540. The van der Waals surface area contributed by atoms with Gasteiger partial charge in [-0.25, -0.2) is 0 Å². The lowest BCUT2D eigenvalue weighted by molar-refractivity contribution is 0.406. The Balaban J connectivity index is 3.18. The Morgan fingerprint density at radius 1 is 1.40 bits per heavy atom. The van der Waals surface area contributed by atoms with Gasteiger partial charge in [0.15, 0.2) is 0 Å². The Morgan fingerprint density at radius 2 is 2.07 bits per heavy atom. The molecule has 0 saturated carbocycles. The van der Waals surface area contributed by atoms with E-state index < -0.39 is 0 Å². The standard InChI is InChI=1S/C12H18BrNO/c1-8-7-11(13)12(15-3)10(9(8)2)5-4-6-14/h7H,4-6,14H2,1-3H3. The zero-order valence-corrected chi connectivity index (χ0v) is 11.1. The molecule has 0 saturated heterocycles. The molecule has 0 spiro atoms. The van der Waals surface area contributed by atoms with Crippen molar-refractivity contribution in [2.45, 2.75) is 26.7 Å². The highest BCUT2D eigenvalue weighted by Gasteiger charge is 2.12. The highest BCUT2D eigenvalue weighted by molar-refractivity contribution is 9.10. The predicted molar refractivity (Wildman–Crippen MR) is 67.5 cm³/mol. The molecule has 0 fully saturated rings. The summed E-state index contributed by atoms with van der Waals surface area (Å²) >= 11 is 3.53. The van der Waals surface area contributed by atoms with Crippen LogP contribution in [0.3, 0.4) is 0 Å². The maximum absolute atomic E-state index is 5.54. The molecule has 0 atom stereocenters. The molecular formula is C12H18BrNO. The number of ether oxygens (including phenoxy) is 1. The topological polar surface area (TPSA) is 35.2 Å². The van der Waals surface area contributed by atoms with E-state index in [-0.39, 0.29) is 0 Å². The van der Waals surface area contributed by atoms with Gasteiger partial charge in [0, 0.05) is 0 Å². The van der Waals surface area contributed by atoms with Crippen molar-refractivity contribution in [3.8, 4) is 5.75 Å². The minimum atomic E-state index is 0.716. The number of rotatable bonds is 4. The zero-order chi connectivity index (χ0) is 11.4. The van der Waals surface area contributed by atoms with Crippen LogP contribution >= 0.6 is 15.9 Å². The largest absolute Gasteiger partial charge is 0.495 e. The Morgan fingerprint density at radius 3 is 2.60 bits per heavy atom. The summed E-state index contributed by atoms with van der Waals surface area (Å²) in [5.41, 5.74) is 9.41. The van der Waals surface area contributed by atoms with E-state index in [2.05, 4.69) is 35.8 Å². The number of methoxy groups -OCH3 is 1. The van der Waals surface area contributed by atoms with E-state index >= 15 is 0 Å². The normalized spacial score (nSPS) is 10.5. The molecule has 1 aromatic rings. The molecule has 2 N–H and O–H groups in total. The first-order valence-electron chi connectivity index (χ1n) is 5.14. The third-order valence-electron chi connectivity index (χ3n) is 2.71. The summed E-state index contributed by atoms with van der Waals surface area (Å²) in [6, 6.07) is 2.10. The van der Waals surface area contributed by atoms with Crippen molar-refractivity contribution >= 4 is 15.9 Å². The number of aryl methyl sites for hydroxylation is 1. The molecule has 15 heavy (non-hydrogen) atoms. The lowest BCUT2D eigenvalue weighted by Crippen LogP contribution is -2.04. The first-order chi connectivity index (χ1) is 7.11. The van der Waals surface area contributed by atoms with Crippen LogP contribution in [0.15, 0.2) is 10.5 Å². The van der Waals surface area contributed by atoms with Gasteiger partial charge >= 0.3 is 0 Å². The van der Waals surface area contributed by atoms with E-state index in [9.17, 15) is 0 Å². The summed E-state index contributed by atoms with van der Waals surface area (Å²) < 4.78 is 6.45. The monoisotopic (exact) mass is 271 g/mol. The minimum absolute atomic E-state index is 0.716. The van der Waals surface area contributed by atoms with Gasteiger partial charge in [-0.1, -0.05) is 0 Å². The Bertz CT molecular complexity index is 350. The minimum Gasteiger partial charge on any atom is -0.495 e. The van der Waals surface area contributed by atoms with Gasteiger partial charge in [-0.3, -0.25) is 0 Å². The van der Waals surface area contributed by atoms with E-state index in [4.69, 9.17) is 10.5 Å². The van der Waals surface area contributed by atoms with Crippen LogP contribution < -0.4 is 10.5 Å². The van der Waals surface area contributed by atoms with Gasteiger partial charge in [0.25, 0.3) is 0 Å². The summed E-state index contributed by atoms with van der Waals surface area (Å²) in [6.45, 7) is 4.97. The molecule has 0 radical (unpaired) electrons. The van der Waals surface area contributed by atoms with Crippen LogP contribution in [-0.4, -0.2) is 13.7 Å². The summed E-state index contributed by atoms with van der Waals surface area (Å²) in [7, 11) is 1.71. The third-order valence-corrected chi connectivity index (χ3v) is 3.30. The van der Waals surface area contributed by atoms with Gasteiger partial charge in [-0.05, 0) is 71.9 Å². The molecule has 0 bridgehead atoms.